The number of likely N-dealkylation sites (tertiary alicyclic amines) is 1. The van der Waals surface area contributed by atoms with Crippen molar-refractivity contribution in [1.82, 2.24) is 25.5 Å². The predicted octanol–water partition coefficient (Wildman–Crippen LogP) is 2.76. The van der Waals surface area contributed by atoms with Crippen molar-refractivity contribution >= 4 is 79.8 Å². The number of hydrogen-bond donors (Lipinski definition) is 15. The van der Waals surface area contributed by atoms with Gasteiger partial charge < -0.3 is 134 Å². The summed E-state index contributed by atoms with van der Waals surface area (Å²) in [5.74, 6) is -4.64. The Labute approximate surface area is 759 Å². The number of aliphatic hydroxyl groups excluding tert-OH is 10. The number of fused-ring (bicyclic) bond motifs is 1. The monoisotopic (exact) mass is 1900 g/mol. The Kier molecular flexibility index (Phi) is 49.6. The Hall–Kier alpha value is -5.23. The summed E-state index contributed by atoms with van der Waals surface area (Å²) in [6.07, 6.45) is -5.78. The first-order chi connectivity index (χ1) is 62.0. The summed E-state index contributed by atoms with van der Waals surface area (Å²) < 4.78 is 102. The van der Waals surface area contributed by atoms with Crippen LogP contribution in [-0.4, -0.2) is 350 Å². The minimum absolute atomic E-state index is 0.00739. The highest BCUT2D eigenvalue weighted by atomic mass is 31.2. The van der Waals surface area contributed by atoms with Crippen LogP contribution in [0.15, 0.2) is 11.3 Å². The number of phosphoric acid groups is 1. The van der Waals surface area contributed by atoms with E-state index in [0.29, 0.717) is 133 Å². The number of amides is 3. The molecule has 0 bridgehead atoms. The third kappa shape index (κ3) is 37.4. The van der Waals surface area contributed by atoms with Gasteiger partial charge in [-0.3, -0.25) is 57.0 Å². The van der Waals surface area contributed by atoms with Gasteiger partial charge >= 0.3 is 15.4 Å². The van der Waals surface area contributed by atoms with Crippen LogP contribution < -0.4 is 16.4 Å². The number of Topliss-reactive ketones (excluding diaryl/α,β-unsaturated/α-hetero) is 5. The Balaban J connectivity index is 0.948. The molecule has 24 atom stereocenters. The molecule has 16 N–H and O–H groups in total. The van der Waals surface area contributed by atoms with Gasteiger partial charge in [0.05, 0.1) is 127 Å². The van der Waals surface area contributed by atoms with E-state index < -0.39 is 232 Å². The molecule has 130 heavy (non-hydrogen) atoms. The predicted molar refractivity (Wildman–Crippen MR) is 463 cm³/mol. The van der Waals surface area contributed by atoms with Gasteiger partial charge in [0.25, 0.3) is 0 Å². The maximum absolute atomic E-state index is 14.6. The second kappa shape index (κ2) is 57.7. The Morgan fingerprint density at radius 1 is 0.515 bits per heavy atom. The summed E-state index contributed by atoms with van der Waals surface area (Å²) in [5.41, 5.74) is 4.20. The number of unbranched alkanes of at least 4 members (excludes halogenated alkanes) is 9. The smallest absolute Gasteiger partial charge is 0.394 e. The van der Waals surface area contributed by atoms with Crippen LogP contribution >= 0.6 is 15.4 Å². The molecular weight excluding hydrogens is 1750 g/mol. The summed E-state index contributed by atoms with van der Waals surface area (Å²) >= 11 is 0. The molecule has 6 aliphatic heterocycles. The van der Waals surface area contributed by atoms with E-state index in [1.807, 2.05) is 0 Å². The average Bonchev–Trinajstić information content (AvgIpc) is 1.63. The Bertz CT molecular complexity index is 3660. The third-order valence-corrected chi connectivity index (χ3v) is 27.1. The number of aromatic nitrogens is 2. The van der Waals surface area contributed by atoms with E-state index in [0.717, 1.165) is 4.90 Å². The van der Waals surface area contributed by atoms with Crippen LogP contribution in [0.5, 0.6) is 0 Å². The number of aliphatic imine (C=N–C) groups is 1. The largest absolute Gasteiger partial charge is 0.472 e. The summed E-state index contributed by atoms with van der Waals surface area (Å²) in [6, 6.07) is -1.12. The van der Waals surface area contributed by atoms with Gasteiger partial charge in [-0.15, -0.1) is 0 Å². The fourth-order valence-electron chi connectivity index (χ4n) is 16.0. The number of aliphatic hydroxyl groups is 10. The number of rotatable bonds is 67. The second-order valence-corrected chi connectivity index (χ2v) is 39.1. The Morgan fingerprint density at radius 3 is 1.38 bits per heavy atom. The maximum Gasteiger partial charge on any atom is 0.472 e. The van der Waals surface area contributed by atoms with Crippen LogP contribution in [0.25, 0.3) is 0 Å². The molecule has 0 radical (unpaired) electrons. The lowest BCUT2D eigenvalue weighted by atomic mass is 9.92. The minimum Gasteiger partial charge on any atom is -0.394 e. The molecule has 0 spiro atoms. The first-order valence-electron chi connectivity index (χ1n) is 46.0. The van der Waals surface area contributed by atoms with Crippen molar-refractivity contribution in [2.24, 2.45) is 22.7 Å². The van der Waals surface area contributed by atoms with Crippen LogP contribution in [0.1, 0.15) is 232 Å². The van der Waals surface area contributed by atoms with Gasteiger partial charge in [-0.2, -0.15) is 0 Å². The SMILES string of the molecule is CC(C)P(=O)(O)OC[C@H]1O[C@@H](C2C=Nc3c(N)ncnc32)C[C@@H]1OP(=O)(O)OC[C@@H]1C[C@@H](O)CN1C(=O)CC(=O)NC(COCCC(=O)CCCCCCC(=O)CCCCO[C@@H]1OC(CO)[C@H](O)C(O)[C@@H]1C)(COCCC(=O)CCCCCC(=O)CCCCO[C@@H]1OC(CO)[C@H](O)C(O)[C@@H]1C)COCCC(=O)NCCCCC(=O)CCCCO[C@@H]1OC(CO)[C@H](O)C(O)[C@@H]1C. The lowest BCUT2D eigenvalue weighted by Gasteiger charge is -2.40. The molecule has 0 aromatic carbocycles. The van der Waals surface area contributed by atoms with Crippen molar-refractivity contribution in [2.75, 3.05) is 111 Å². The molecule has 6 aliphatic rings. The number of ketones is 5. The van der Waals surface area contributed by atoms with Gasteiger partial charge in [-0.25, -0.2) is 14.5 Å². The number of nitrogens with one attached hydrogen (secondary N) is 2. The fourth-order valence-corrected chi connectivity index (χ4v) is 17.7. The molecular formula is C86H145N7O35P2. The standard InChI is InChI=1S/C86H145N7O35P2/c1-53(2)129(112,113)122-48-70-66(40-65(124-70)64-42-89-75-74(64)90-52-91-82(75)87)128-130(114,115)123-47-57-39-63(102)43-93(57)73(105)41-72(104)92-86(50-117-37-30-62(101)24-12-8-11-22-59(98)27-15-19-34-120-84-55(4)77(107)80(110)68(45-95)126-84,51-118-38-31-71(103)88-32-17-13-25-60(99)28-16-20-35-121-85-56(5)78(108)81(111)69(46-96)127-85)49-116-36-29-61(100)23-10-7-6-9-21-58(97)26-14-18-33-119-83-54(3)76(106)79(109)67(44-94)125-83/h42,52-57,63-70,76-81,83-85,94-96,102,106-111H,6-41,43-51H2,1-5H3,(H,88,103)(H,92,104)(H,112,113)(H,114,115)(H2,87,90,91)/t54-,55-,56-,57-,63+,64?,65+,66-,67?,68?,69?,70+,76?,77?,78?,79-,80-,81-,83+,84+,85+,86?/m0/s1. The molecule has 1 aromatic rings. The molecule has 0 aliphatic carbocycles. The van der Waals surface area contributed by atoms with Gasteiger partial charge in [0.15, 0.2) is 24.7 Å². The zero-order chi connectivity index (χ0) is 95.1. The number of phosphoric ester groups is 1. The number of nitrogen functional groups attached to an aromatic ring is 1. The van der Waals surface area contributed by atoms with E-state index >= 15 is 0 Å². The highest BCUT2D eigenvalue weighted by Gasteiger charge is 2.50. The van der Waals surface area contributed by atoms with Gasteiger partial charge in [-0.05, 0) is 83.5 Å². The molecule has 5 fully saturated rings. The number of nitrogens with two attached hydrogens (primary N) is 1. The van der Waals surface area contributed by atoms with Crippen LogP contribution in [0.2, 0.25) is 0 Å². The van der Waals surface area contributed by atoms with E-state index in [9.17, 15) is 108 Å². The van der Waals surface area contributed by atoms with Crippen molar-refractivity contribution < 1.29 is 169 Å². The van der Waals surface area contributed by atoms with E-state index in [1.54, 1.807) is 20.8 Å². The fraction of sp³-hybridized carbons (Fsp3) is 0.849. The molecule has 10 unspecified atom stereocenters. The molecule has 7 heterocycles. The number of β-amino-alcohol motifs (C(OH)–C–C–N with tert-alkyl or cyclic N) is 1. The number of nitrogens with zero attached hydrogens (tertiary/aromatic N) is 4. The first-order valence-corrected chi connectivity index (χ1v) is 49.2. The van der Waals surface area contributed by atoms with Gasteiger partial charge in [-0.1, -0.05) is 53.9 Å². The normalized spacial score (nSPS) is 28.8. The van der Waals surface area contributed by atoms with Crippen molar-refractivity contribution in [3.63, 3.8) is 0 Å². The number of carbonyl (C=O) groups is 8. The summed E-state index contributed by atoms with van der Waals surface area (Å²) in [6.45, 7) is 3.87. The zero-order valence-corrected chi connectivity index (χ0v) is 77.5. The van der Waals surface area contributed by atoms with Gasteiger partial charge in [0, 0.05) is 134 Å². The van der Waals surface area contributed by atoms with Crippen molar-refractivity contribution in [3.8, 4) is 0 Å². The summed E-state index contributed by atoms with van der Waals surface area (Å²) in [4.78, 5) is 143. The minimum atomic E-state index is -5.16. The number of ether oxygens (including phenoxy) is 10. The molecule has 7 rings (SSSR count). The first kappa shape index (κ1) is 112. The van der Waals surface area contributed by atoms with E-state index in [2.05, 4.69) is 25.6 Å². The van der Waals surface area contributed by atoms with Crippen LogP contribution in [0.3, 0.4) is 0 Å². The summed E-state index contributed by atoms with van der Waals surface area (Å²) in [5, 5.41) is 107. The van der Waals surface area contributed by atoms with Crippen LogP contribution in [-0.2, 0) is 108 Å². The lowest BCUT2D eigenvalue weighted by Crippen LogP contribution is -2.59. The maximum atomic E-state index is 14.6. The Morgan fingerprint density at radius 2 is 0.938 bits per heavy atom. The van der Waals surface area contributed by atoms with E-state index in [1.165, 1.54) is 26.4 Å². The van der Waals surface area contributed by atoms with Crippen LogP contribution in [0, 0.1) is 17.8 Å². The van der Waals surface area contributed by atoms with Gasteiger partial charge in [0.1, 0.15) is 102 Å². The quantitative estimate of drug-likeness (QED) is 0.0253. The van der Waals surface area contributed by atoms with Crippen molar-refractivity contribution in [3.05, 3.63) is 12.0 Å². The van der Waals surface area contributed by atoms with Gasteiger partial charge in [0.2, 0.25) is 17.7 Å². The second-order valence-electron chi connectivity index (χ2n) is 35.3. The third-order valence-electron chi connectivity index (χ3n) is 24.3. The number of anilines is 1. The molecule has 1 aromatic heterocycles. The molecule has 744 valence electrons. The highest BCUT2D eigenvalue weighted by Crippen LogP contribution is 2.52. The molecule has 5 saturated heterocycles. The zero-order valence-electron chi connectivity index (χ0n) is 75.7. The average molecular weight is 1900 g/mol. The number of carbonyl (C=O) groups excluding carboxylic acids is 8. The molecule has 42 nitrogen and oxygen atoms in total. The molecule has 3 amide bonds. The number of hydrogen-bond acceptors (Lipinski definition) is 37. The topological polar surface area (TPSA) is 625 Å². The lowest BCUT2D eigenvalue weighted by molar-refractivity contribution is -0.282. The highest BCUT2D eigenvalue weighted by molar-refractivity contribution is 7.53. The van der Waals surface area contributed by atoms with E-state index in [-0.39, 0.29) is 145 Å². The van der Waals surface area contributed by atoms with Crippen molar-refractivity contribution in [1.29, 1.82) is 0 Å². The van der Waals surface area contributed by atoms with E-state index in [4.69, 9.17) is 66.7 Å². The van der Waals surface area contributed by atoms with Crippen LogP contribution in [0.4, 0.5) is 11.5 Å². The summed E-state index contributed by atoms with van der Waals surface area (Å²) in [7, 11) is -9.37. The van der Waals surface area contributed by atoms with Crippen molar-refractivity contribution in [2.45, 2.75) is 342 Å². The molecule has 44 heteroatoms. The molecule has 0 saturated carbocycles.